The van der Waals surface area contributed by atoms with Crippen LogP contribution in [0.25, 0.3) is 0 Å². The van der Waals surface area contributed by atoms with Gasteiger partial charge in [0, 0.05) is 15.7 Å². The fourth-order valence-corrected chi connectivity index (χ4v) is 2.23. The average Bonchev–Trinajstić information content (AvgIpc) is 2.06. The van der Waals surface area contributed by atoms with Crippen molar-refractivity contribution >= 4 is 48.2 Å². The van der Waals surface area contributed by atoms with Gasteiger partial charge in [0.15, 0.2) is 5.82 Å². The number of hydrogen-bond donors (Lipinski definition) is 0. The van der Waals surface area contributed by atoms with E-state index in [2.05, 4.69) is 0 Å². The van der Waals surface area contributed by atoms with E-state index in [0.29, 0.717) is 0 Å². The molecule has 0 fully saturated rings. The van der Waals surface area contributed by atoms with Gasteiger partial charge in [0.05, 0.1) is 5.56 Å². The van der Waals surface area contributed by atoms with Crippen LogP contribution in [-0.2, 0) is 9.05 Å². The van der Waals surface area contributed by atoms with E-state index < -0.39 is 30.6 Å². The van der Waals surface area contributed by atoms with Crippen LogP contribution in [0, 0.1) is 5.82 Å². The summed E-state index contributed by atoms with van der Waals surface area (Å²) in [5.74, 6) is -1.31. The number of halogens is 4. The lowest BCUT2D eigenvalue weighted by atomic mass is 10.2. The molecule has 0 amide bonds. The fourth-order valence-electron chi connectivity index (χ4n) is 0.885. The van der Waals surface area contributed by atoms with E-state index >= 15 is 0 Å². The number of carbonyl (C=O) groups is 1. The monoisotopic (exact) mass is 290 g/mol. The summed E-state index contributed by atoms with van der Waals surface area (Å²) in [7, 11) is 0.622. The predicted molar refractivity (Wildman–Crippen MR) is 54.6 cm³/mol. The van der Waals surface area contributed by atoms with Gasteiger partial charge in [0.1, 0.15) is 4.90 Å². The molecule has 15 heavy (non-hydrogen) atoms. The van der Waals surface area contributed by atoms with Crippen molar-refractivity contribution < 1.29 is 17.6 Å². The van der Waals surface area contributed by atoms with Crippen molar-refractivity contribution in [3.63, 3.8) is 0 Å². The molecule has 0 aliphatic heterocycles. The molecule has 0 radical (unpaired) electrons. The molecule has 0 aliphatic carbocycles. The molecule has 0 bridgehead atoms. The molecule has 1 rings (SSSR count). The Bertz CT molecular complexity index is 527. The summed E-state index contributed by atoms with van der Waals surface area (Å²) >= 11 is 10.5. The Labute approximate surface area is 99.2 Å². The smallest absolute Gasteiger partial charge is 0.264 e. The molecular weight excluding hydrogens is 289 g/mol. The lowest BCUT2D eigenvalue weighted by Crippen LogP contribution is -2.02. The summed E-state index contributed by atoms with van der Waals surface area (Å²) in [6.07, 6.45) is 0. The first kappa shape index (κ1) is 12.7. The van der Waals surface area contributed by atoms with Gasteiger partial charge < -0.3 is 0 Å². The van der Waals surface area contributed by atoms with Crippen LogP contribution < -0.4 is 0 Å². The highest BCUT2D eigenvalue weighted by Gasteiger charge is 2.22. The molecule has 8 heteroatoms. The van der Waals surface area contributed by atoms with Crippen molar-refractivity contribution in [2.75, 3.05) is 0 Å². The molecule has 3 nitrogen and oxygen atoms in total. The molecule has 1 aromatic rings. The average molecular weight is 292 g/mol. The van der Waals surface area contributed by atoms with E-state index in [1.165, 1.54) is 0 Å². The largest absolute Gasteiger partial charge is 0.275 e. The van der Waals surface area contributed by atoms with E-state index in [9.17, 15) is 17.6 Å². The van der Waals surface area contributed by atoms with Gasteiger partial charge in [-0.15, -0.1) is 0 Å². The maximum Gasteiger partial charge on any atom is 0.264 e. The van der Waals surface area contributed by atoms with Crippen LogP contribution in [-0.4, -0.2) is 13.7 Å². The van der Waals surface area contributed by atoms with E-state index in [-0.39, 0.29) is 5.02 Å². The van der Waals surface area contributed by atoms with E-state index in [0.717, 1.165) is 12.1 Å². The first-order valence-electron chi connectivity index (χ1n) is 3.37. The van der Waals surface area contributed by atoms with Gasteiger partial charge in [-0.2, -0.15) is 0 Å². The van der Waals surface area contributed by atoms with Crippen LogP contribution in [0.2, 0.25) is 5.02 Å². The van der Waals surface area contributed by atoms with Gasteiger partial charge >= 0.3 is 0 Å². The molecule has 0 atom stereocenters. The van der Waals surface area contributed by atoms with Gasteiger partial charge in [-0.25, -0.2) is 12.8 Å². The third-order valence-electron chi connectivity index (χ3n) is 1.48. The highest BCUT2D eigenvalue weighted by atomic mass is 35.7. The second-order valence-corrected chi connectivity index (χ2v) is 5.79. The van der Waals surface area contributed by atoms with Gasteiger partial charge in [-0.3, -0.25) is 4.79 Å². The first-order chi connectivity index (χ1) is 6.73. The third-order valence-corrected chi connectivity index (χ3v) is 3.22. The normalized spacial score (nSPS) is 11.5. The van der Waals surface area contributed by atoms with Gasteiger partial charge in [-0.05, 0) is 23.7 Å². The summed E-state index contributed by atoms with van der Waals surface area (Å²) in [4.78, 5) is 9.85. The summed E-state index contributed by atoms with van der Waals surface area (Å²) in [5.41, 5.74) is -0.636. The standard InChI is InChI=1S/C7H2Cl3FO3S/c8-3-1-4(7(9)12)6(11)5(2-3)15(10,13)14/h1-2H. The topological polar surface area (TPSA) is 51.2 Å². The minimum atomic E-state index is -4.31. The van der Waals surface area contributed by atoms with Crippen LogP contribution in [0.15, 0.2) is 17.0 Å². The van der Waals surface area contributed by atoms with E-state index in [1.54, 1.807) is 0 Å². The number of carbonyl (C=O) groups excluding carboxylic acids is 1. The summed E-state index contributed by atoms with van der Waals surface area (Å²) < 4.78 is 35.2. The molecule has 1 aromatic carbocycles. The number of benzene rings is 1. The maximum absolute atomic E-state index is 13.4. The molecule has 0 heterocycles. The summed E-state index contributed by atoms with van der Waals surface area (Å²) in [5, 5.41) is -1.31. The highest BCUT2D eigenvalue weighted by Crippen LogP contribution is 2.27. The van der Waals surface area contributed by atoms with Crippen LogP contribution in [0.4, 0.5) is 4.39 Å². The van der Waals surface area contributed by atoms with Gasteiger partial charge in [0.2, 0.25) is 0 Å². The predicted octanol–water partition coefficient (Wildman–Crippen LogP) is 2.79. The second kappa shape index (κ2) is 4.25. The Kier molecular flexibility index (Phi) is 3.60. The molecule has 0 saturated carbocycles. The van der Waals surface area contributed by atoms with Gasteiger partial charge in [0.25, 0.3) is 14.3 Å². The van der Waals surface area contributed by atoms with Crippen molar-refractivity contribution in [2.45, 2.75) is 4.90 Å². The molecular formula is C7H2Cl3FO3S. The van der Waals surface area contributed by atoms with Crippen LogP contribution in [0.1, 0.15) is 10.4 Å². The minimum Gasteiger partial charge on any atom is -0.275 e. The van der Waals surface area contributed by atoms with Crippen molar-refractivity contribution in [2.24, 2.45) is 0 Å². The van der Waals surface area contributed by atoms with E-state index in [4.69, 9.17) is 33.9 Å². The van der Waals surface area contributed by atoms with Crippen LogP contribution >= 0.6 is 33.9 Å². The Balaban J connectivity index is 3.63. The molecule has 0 aromatic heterocycles. The fraction of sp³-hybridized carbons (Fsp3) is 0. The molecule has 82 valence electrons. The SMILES string of the molecule is O=C(Cl)c1cc(Cl)cc(S(=O)(=O)Cl)c1F. The third kappa shape index (κ3) is 2.81. The molecule has 0 spiro atoms. The van der Waals surface area contributed by atoms with Crippen LogP contribution in [0.5, 0.6) is 0 Å². The van der Waals surface area contributed by atoms with Crippen molar-refractivity contribution in [1.82, 2.24) is 0 Å². The zero-order chi connectivity index (χ0) is 11.8. The zero-order valence-corrected chi connectivity index (χ0v) is 9.88. The Morgan fingerprint density at radius 2 is 1.87 bits per heavy atom. The second-order valence-electron chi connectivity index (χ2n) is 2.48. The van der Waals surface area contributed by atoms with Crippen molar-refractivity contribution in [1.29, 1.82) is 0 Å². The zero-order valence-electron chi connectivity index (χ0n) is 6.80. The quantitative estimate of drug-likeness (QED) is 0.787. The Morgan fingerprint density at radius 1 is 1.33 bits per heavy atom. The minimum absolute atomic E-state index is 0.153. The number of hydrogen-bond acceptors (Lipinski definition) is 3. The van der Waals surface area contributed by atoms with Crippen molar-refractivity contribution in [3.8, 4) is 0 Å². The maximum atomic E-state index is 13.4. The highest BCUT2D eigenvalue weighted by molar-refractivity contribution is 8.13. The Hall–Kier alpha value is -0.360. The van der Waals surface area contributed by atoms with Crippen LogP contribution in [0.3, 0.4) is 0 Å². The van der Waals surface area contributed by atoms with E-state index in [1.807, 2.05) is 0 Å². The summed E-state index contributed by atoms with van der Waals surface area (Å²) in [6.45, 7) is 0. The molecule has 0 saturated heterocycles. The Morgan fingerprint density at radius 3 is 2.27 bits per heavy atom. The molecule has 0 N–H and O–H groups in total. The summed E-state index contributed by atoms with van der Waals surface area (Å²) in [6, 6.07) is 1.71. The lowest BCUT2D eigenvalue weighted by molar-refractivity contribution is 0.107. The van der Waals surface area contributed by atoms with Crippen molar-refractivity contribution in [3.05, 3.63) is 28.5 Å². The van der Waals surface area contributed by atoms with Gasteiger partial charge in [-0.1, -0.05) is 11.6 Å². The first-order valence-corrected chi connectivity index (χ1v) is 6.43. The number of rotatable bonds is 2. The molecule has 0 unspecified atom stereocenters. The molecule has 0 aliphatic rings. The lowest BCUT2D eigenvalue weighted by Gasteiger charge is -2.03.